The number of nitrogens with two attached hydrogens (primary N) is 1. The van der Waals surface area contributed by atoms with Gasteiger partial charge >= 0.3 is 0 Å². The van der Waals surface area contributed by atoms with Crippen molar-refractivity contribution in [3.8, 4) is 11.5 Å². The van der Waals surface area contributed by atoms with Gasteiger partial charge in [0.05, 0.1) is 7.11 Å². The topological polar surface area (TPSA) is 44.5 Å². The van der Waals surface area contributed by atoms with Gasteiger partial charge in [0, 0.05) is 18.0 Å². The van der Waals surface area contributed by atoms with Crippen LogP contribution >= 0.6 is 0 Å². The Hall–Kier alpha value is -1.22. The molecule has 110 valence electrons. The minimum absolute atomic E-state index is 0.0658. The SMILES string of the molecule is COc1ccc2c(c1)[C@H](N)CC(C1CCCC(C)C1)O2. The van der Waals surface area contributed by atoms with Crippen LogP contribution in [-0.4, -0.2) is 13.2 Å². The smallest absolute Gasteiger partial charge is 0.124 e. The molecule has 1 aromatic carbocycles. The lowest BCUT2D eigenvalue weighted by atomic mass is 9.77. The summed E-state index contributed by atoms with van der Waals surface area (Å²) < 4.78 is 11.5. The molecule has 3 heteroatoms. The fraction of sp³-hybridized carbons (Fsp3) is 0.647. The molecule has 0 spiro atoms. The summed E-state index contributed by atoms with van der Waals surface area (Å²) in [5.74, 6) is 3.30. The molecule has 0 radical (unpaired) electrons. The van der Waals surface area contributed by atoms with Crippen LogP contribution in [0, 0.1) is 11.8 Å². The van der Waals surface area contributed by atoms with Crippen LogP contribution in [0.25, 0.3) is 0 Å². The third-order valence-electron chi connectivity index (χ3n) is 4.88. The fourth-order valence-electron chi connectivity index (χ4n) is 3.75. The lowest BCUT2D eigenvalue weighted by molar-refractivity contribution is 0.0664. The number of hydrogen-bond acceptors (Lipinski definition) is 3. The van der Waals surface area contributed by atoms with Gasteiger partial charge in [0.1, 0.15) is 17.6 Å². The van der Waals surface area contributed by atoms with Crippen LogP contribution in [0.2, 0.25) is 0 Å². The van der Waals surface area contributed by atoms with Crippen molar-refractivity contribution < 1.29 is 9.47 Å². The first-order chi connectivity index (χ1) is 9.67. The zero-order valence-corrected chi connectivity index (χ0v) is 12.5. The van der Waals surface area contributed by atoms with Crippen LogP contribution in [0.15, 0.2) is 18.2 Å². The first-order valence-corrected chi connectivity index (χ1v) is 7.77. The van der Waals surface area contributed by atoms with Crippen molar-refractivity contribution in [1.29, 1.82) is 0 Å². The predicted octanol–water partition coefficient (Wildman–Crippen LogP) is 3.67. The molecule has 3 unspecified atom stereocenters. The molecule has 0 bridgehead atoms. The third kappa shape index (κ3) is 2.64. The first kappa shape index (κ1) is 13.7. The van der Waals surface area contributed by atoms with Crippen LogP contribution in [0.1, 0.15) is 50.6 Å². The molecular formula is C17H25NO2. The largest absolute Gasteiger partial charge is 0.497 e. The Bertz CT molecular complexity index is 474. The summed E-state index contributed by atoms with van der Waals surface area (Å²) in [5, 5.41) is 0. The summed E-state index contributed by atoms with van der Waals surface area (Å²) in [6.07, 6.45) is 6.47. The van der Waals surface area contributed by atoms with Crippen LogP contribution in [0.5, 0.6) is 11.5 Å². The maximum atomic E-state index is 6.37. The Balaban J connectivity index is 1.78. The quantitative estimate of drug-likeness (QED) is 0.895. The van der Waals surface area contributed by atoms with E-state index in [0.717, 1.165) is 29.4 Å². The monoisotopic (exact) mass is 275 g/mol. The molecule has 1 saturated carbocycles. The van der Waals surface area contributed by atoms with E-state index in [-0.39, 0.29) is 12.1 Å². The summed E-state index contributed by atoms with van der Waals surface area (Å²) in [4.78, 5) is 0. The normalized spacial score (nSPS) is 33.1. The number of methoxy groups -OCH3 is 1. The first-order valence-electron chi connectivity index (χ1n) is 7.77. The van der Waals surface area contributed by atoms with Crippen LogP contribution in [0.3, 0.4) is 0 Å². The minimum Gasteiger partial charge on any atom is -0.497 e. The van der Waals surface area contributed by atoms with Gasteiger partial charge in [-0.05, 0) is 42.9 Å². The molecule has 3 nitrogen and oxygen atoms in total. The van der Waals surface area contributed by atoms with Crippen molar-refractivity contribution in [3.05, 3.63) is 23.8 Å². The second-order valence-corrected chi connectivity index (χ2v) is 6.43. The molecule has 4 atom stereocenters. The van der Waals surface area contributed by atoms with Gasteiger partial charge in [-0.15, -0.1) is 0 Å². The molecule has 1 aliphatic carbocycles. The maximum absolute atomic E-state index is 6.37. The van der Waals surface area contributed by atoms with Crippen LogP contribution in [0.4, 0.5) is 0 Å². The Morgan fingerprint density at radius 1 is 1.25 bits per heavy atom. The molecule has 1 fully saturated rings. The van der Waals surface area contributed by atoms with Crippen molar-refractivity contribution in [3.63, 3.8) is 0 Å². The molecule has 2 aliphatic rings. The summed E-state index contributed by atoms with van der Waals surface area (Å²) >= 11 is 0. The van der Waals surface area contributed by atoms with Gasteiger partial charge < -0.3 is 15.2 Å². The molecule has 0 amide bonds. The summed E-state index contributed by atoms with van der Waals surface area (Å²) in [6.45, 7) is 2.35. The molecule has 0 aromatic heterocycles. The lowest BCUT2D eigenvalue weighted by Crippen LogP contribution is -2.37. The van der Waals surface area contributed by atoms with Crippen LogP contribution < -0.4 is 15.2 Å². The van der Waals surface area contributed by atoms with E-state index < -0.39 is 0 Å². The fourth-order valence-corrected chi connectivity index (χ4v) is 3.75. The third-order valence-corrected chi connectivity index (χ3v) is 4.88. The van der Waals surface area contributed by atoms with Crippen molar-refractivity contribution in [1.82, 2.24) is 0 Å². The highest BCUT2D eigenvalue weighted by atomic mass is 16.5. The Morgan fingerprint density at radius 2 is 2.10 bits per heavy atom. The lowest BCUT2D eigenvalue weighted by Gasteiger charge is -2.38. The Kier molecular flexibility index (Phi) is 3.88. The van der Waals surface area contributed by atoms with E-state index in [1.165, 1.54) is 25.7 Å². The molecule has 1 aliphatic heterocycles. The van der Waals surface area contributed by atoms with E-state index in [9.17, 15) is 0 Å². The molecule has 1 aromatic rings. The molecule has 1 heterocycles. The number of hydrogen-bond donors (Lipinski definition) is 1. The number of ether oxygens (including phenoxy) is 2. The van der Waals surface area contributed by atoms with Crippen molar-refractivity contribution in [2.75, 3.05) is 7.11 Å². The number of benzene rings is 1. The summed E-state index contributed by atoms with van der Waals surface area (Å²) in [7, 11) is 1.68. The van der Waals surface area contributed by atoms with Gasteiger partial charge in [-0.2, -0.15) is 0 Å². The van der Waals surface area contributed by atoms with Gasteiger partial charge in [-0.3, -0.25) is 0 Å². The minimum atomic E-state index is 0.0658. The second kappa shape index (κ2) is 5.65. The zero-order chi connectivity index (χ0) is 14.1. The Morgan fingerprint density at radius 3 is 2.85 bits per heavy atom. The van der Waals surface area contributed by atoms with Gasteiger partial charge in [0.2, 0.25) is 0 Å². The second-order valence-electron chi connectivity index (χ2n) is 6.43. The standard InChI is InChI=1S/C17H25NO2/c1-11-4-3-5-12(8-11)17-10-15(18)14-9-13(19-2)6-7-16(14)20-17/h6-7,9,11-12,15,17H,3-5,8,10,18H2,1-2H3/t11?,12?,15-,17?/m1/s1. The van der Waals surface area contributed by atoms with Gasteiger partial charge in [-0.25, -0.2) is 0 Å². The number of fused-ring (bicyclic) bond motifs is 1. The Labute approximate surface area is 121 Å². The highest BCUT2D eigenvalue weighted by Crippen LogP contribution is 2.41. The maximum Gasteiger partial charge on any atom is 0.124 e. The van der Waals surface area contributed by atoms with E-state index in [2.05, 4.69) is 6.92 Å². The molecule has 20 heavy (non-hydrogen) atoms. The van der Waals surface area contributed by atoms with Crippen molar-refractivity contribution >= 4 is 0 Å². The average molecular weight is 275 g/mol. The molecule has 2 N–H and O–H groups in total. The summed E-state index contributed by atoms with van der Waals surface area (Å²) in [5.41, 5.74) is 7.45. The highest BCUT2D eigenvalue weighted by molar-refractivity contribution is 5.43. The van der Waals surface area contributed by atoms with Crippen LogP contribution in [-0.2, 0) is 0 Å². The van der Waals surface area contributed by atoms with E-state index in [1.54, 1.807) is 7.11 Å². The van der Waals surface area contributed by atoms with Crippen molar-refractivity contribution in [2.24, 2.45) is 17.6 Å². The average Bonchev–Trinajstić information content (AvgIpc) is 2.47. The molecular weight excluding hydrogens is 250 g/mol. The predicted molar refractivity (Wildman–Crippen MR) is 80.1 cm³/mol. The highest BCUT2D eigenvalue weighted by Gasteiger charge is 2.34. The van der Waals surface area contributed by atoms with E-state index in [4.69, 9.17) is 15.2 Å². The van der Waals surface area contributed by atoms with E-state index in [1.807, 2.05) is 18.2 Å². The molecule has 3 rings (SSSR count). The summed E-state index contributed by atoms with van der Waals surface area (Å²) in [6, 6.07) is 6.04. The zero-order valence-electron chi connectivity index (χ0n) is 12.5. The van der Waals surface area contributed by atoms with E-state index in [0.29, 0.717) is 5.92 Å². The van der Waals surface area contributed by atoms with Gasteiger partial charge in [0.15, 0.2) is 0 Å². The van der Waals surface area contributed by atoms with Gasteiger partial charge in [0.25, 0.3) is 0 Å². The van der Waals surface area contributed by atoms with E-state index >= 15 is 0 Å². The van der Waals surface area contributed by atoms with Gasteiger partial charge in [-0.1, -0.05) is 19.8 Å². The molecule has 0 saturated heterocycles. The van der Waals surface area contributed by atoms with Crippen molar-refractivity contribution in [2.45, 2.75) is 51.2 Å². The number of rotatable bonds is 2.